The van der Waals surface area contributed by atoms with Crippen LogP contribution in [0.15, 0.2) is 48.0 Å². The first-order valence-corrected chi connectivity index (χ1v) is 10.1. The van der Waals surface area contributed by atoms with Gasteiger partial charge in [-0.3, -0.25) is 9.59 Å². The van der Waals surface area contributed by atoms with Gasteiger partial charge in [-0.1, -0.05) is 23.8 Å². The van der Waals surface area contributed by atoms with E-state index in [9.17, 15) is 19.8 Å². The molecule has 1 heterocycles. The Morgan fingerprint density at radius 2 is 1.90 bits per heavy atom. The molecule has 3 rings (SSSR count). The number of Topliss-reactive ketones (excluding diaryl/α,β-unsaturated/α-hetero) is 1. The monoisotopic (exact) mass is 425 g/mol. The Labute approximate surface area is 181 Å². The highest BCUT2D eigenvalue weighted by Gasteiger charge is 2.46. The molecule has 2 aromatic carbocycles. The molecule has 2 N–H and O–H groups in total. The molecule has 7 nitrogen and oxygen atoms in total. The van der Waals surface area contributed by atoms with Gasteiger partial charge in [-0.05, 0) is 50.6 Å². The number of ether oxygens (including phenoxy) is 2. The van der Waals surface area contributed by atoms with E-state index in [-0.39, 0.29) is 36.3 Å². The summed E-state index contributed by atoms with van der Waals surface area (Å²) < 4.78 is 10.9. The number of aromatic hydroxyl groups is 1. The van der Waals surface area contributed by atoms with E-state index < -0.39 is 17.7 Å². The molecule has 0 spiro atoms. The van der Waals surface area contributed by atoms with Gasteiger partial charge in [0, 0.05) is 6.54 Å². The van der Waals surface area contributed by atoms with E-state index in [0.29, 0.717) is 16.9 Å². The zero-order chi connectivity index (χ0) is 22.7. The van der Waals surface area contributed by atoms with Gasteiger partial charge in [-0.2, -0.15) is 0 Å². The minimum Gasteiger partial charge on any atom is -0.508 e. The quantitative estimate of drug-likeness (QED) is 0.400. The molecule has 1 atom stereocenters. The minimum atomic E-state index is -0.868. The lowest BCUT2D eigenvalue weighted by atomic mass is 9.94. The fraction of sp³-hybridized carbons (Fsp3) is 0.333. The molecule has 0 aliphatic carbocycles. The first-order chi connectivity index (χ1) is 14.7. The van der Waals surface area contributed by atoms with Gasteiger partial charge >= 0.3 is 0 Å². The molecule has 2 aromatic rings. The number of methoxy groups -OCH3 is 1. The van der Waals surface area contributed by atoms with Crippen LogP contribution in [0.1, 0.15) is 36.6 Å². The normalized spacial score (nSPS) is 18.1. The van der Waals surface area contributed by atoms with Crippen molar-refractivity contribution < 1.29 is 29.3 Å². The van der Waals surface area contributed by atoms with Crippen molar-refractivity contribution in [2.75, 3.05) is 20.3 Å². The van der Waals surface area contributed by atoms with Crippen molar-refractivity contribution in [3.05, 3.63) is 64.7 Å². The molecule has 7 heteroatoms. The number of nitrogens with zero attached hydrogens (tertiary/aromatic N) is 1. The first kappa shape index (κ1) is 22.4. The topological polar surface area (TPSA) is 96.3 Å². The molecular formula is C24H27NO6. The van der Waals surface area contributed by atoms with Crippen molar-refractivity contribution >= 4 is 17.4 Å². The molecule has 1 amide bonds. The summed E-state index contributed by atoms with van der Waals surface area (Å²) in [4.78, 5) is 27.3. The maximum Gasteiger partial charge on any atom is 0.295 e. The third-order valence-electron chi connectivity index (χ3n) is 5.12. The Bertz CT molecular complexity index is 1030. The third-order valence-corrected chi connectivity index (χ3v) is 5.12. The van der Waals surface area contributed by atoms with Crippen molar-refractivity contribution in [2.24, 2.45) is 0 Å². The Morgan fingerprint density at radius 3 is 2.55 bits per heavy atom. The van der Waals surface area contributed by atoms with Gasteiger partial charge in [0.2, 0.25) is 0 Å². The number of carbonyl (C=O) groups is 2. The number of rotatable bonds is 7. The SMILES string of the molecule is COc1ccc(C)cc1/C(O)=C1\C(=O)C(=O)N(CCOC(C)C)C1c1cccc(O)c1. The van der Waals surface area contributed by atoms with Crippen LogP contribution in [0.4, 0.5) is 0 Å². The third kappa shape index (κ3) is 4.56. The van der Waals surface area contributed by atoms with Crippen LogP contribution in [-0.2, 0) is 14.3 Å². The van der Waals surface area contributed by atoms with Crippen LogP contribution in [0.25, 0.3) is 5.76 Å². The van der Waals surface area contributed by atoms with Crippen molar-refractivity contribution in [2.45, 2.75) is 32.9 Å². The van der Waals surface area contributed by atoms with E-state index in [1.165, 1.54) is 24.1 Å². The lowest BCUT2D eigenvalue weighted by molar-refractivity contribution is -0.140. The summed E-state index contributed by atoms with van der Waals surface area (Å²) >= 11 is 0. The molecule has 164 valence electrons. The smallest absolute Gasteiger partial charge is 0.295 e. The fourth-order valence-corrected chi connectivity index (χ4v) is 3.69. The van der Waals surface area contributed by atoms with Gasteiger partial charge in [-0.25, -0.2) is 0 Å². The van der Waals surface area contributed by atoms with Crippen molar-refractivity contribution in [1.82, 2.24) is 4.90 Å². The van der Waals surface area contributed by atoms with Gasteiger partial charge in [0.15, 0.2) is 0 Å². The molecule has 0 radical (unpaired) electrons. The Balaban J connectivity index is 2.16. The van der Waals surface area contributed by atoms with Crippen LogP contribution < -0.4 is 4.74 Å². The lowest BCUT2D eigenvalue weighted by Gasteiger charge is -2.26. The number of benzene rings is 2. The Morgan fingerprint density at radius 1 is 1.16 bits per heavy atom. The van der Waals surface area contributed by atoms with Crippen LogP contribution in [0, 0.1) is 6.92 Å². The van der Waals surface area contributed by atoms with Crippen molar-refractivity contribution in [3.63, 3.8) is 0 Å². The first-order valence-electron chi connectivity index (χ1n) is 10.1. The zero-order valence-corrected chi connectivity index (χ0v) is 18.1. The summed E-state index contributed by atoms with van der Waals surface area (Å²) in [7, 11) is 1.47. The number of hydrogen-bond donors (Lipinski definition) is 2. The number of hydrogen-bond acceptors (Lipinski definition) is 6. The van der Waals surface area contributed by atoms with E-state index in [4.69, 9.17) is 9.47 Å². The van der Waals surface area contributed by atoms with Gasteiger partial charge in [0.25, 0.3) is 11.7 Å². The highest BCUT2D eigenvalue weighted by atomic mass is 16.5. The predicted molar refractivity (Wildman–Crippen MR) is 116 cm³/mol. The summed E-state index contributed by atoms with van der Waals surface area (Å²) in [6.07, 6.45) is -0.0346. The zero-order valence-electron chi connectivity index (χ0n) is 18.1. The molecule has 1 unspecified atom stereocenters. The van der Waals surface area contributed by atoms with Crippen LogP contribution in [-0.4, -0.2) is 53.2 Å². The van der Waals surface area contributed by atoms with Crippen LogP contribution >= 0.6 is 0 Å². The molecular weight excluding hydrogens is 398 g/mol. The molecule has 1 aliphatic rings. The fourth-order valence-electron chi connectivity index (χ4n) is 3.69. The predicted octanol–water partition coefficient (Wildman–Crippen LogP) is 3.56. The van der Waals surface area contributed by atoms with E-state index >= 15 is 0 Å². The summed E-state index contributed by atoms with van der Waals surface area (Å²) in [5.41, 5.74) is 1.64. The number of phenolic OH excluding ortho intramolecular Hbond substituents is 1. The second kappa shape index (κ2) is 9.22. The average molecular weight is 425 g/mol. The van der Waals surface area contributed by atoms with Gasteiger partial charge in [-0.15, -0.1) is 0 Å². The molecule has 0 bridgehead atoms. The lowest BCUT2D eigenvalue weighted by Crippen LogP contribution is -2.33. The van der Waals surface area contributed by atoms with E-state index in [1.54, 1.807) is 24.3 Å². The standard InChI is InChI=1S/C24H27NO6/c1-14(2)31-11-10-25-21(16-6-5-7-17(26)13-16)20(23(28)24(25)29)22(27)18-12-15(3)8-9-19(18)30-4/h5-9,12-14,21,26-27H,10-11H2,1-4H3/b22-20+. The molecule has 1 saturated heterocycles. The number of phenols is 1. The summed E-state index contributed by atoms with van der Waals surface area (Å²) in [6.45, 7) is 6.00. The number of ketones is 1. The molecule has 31 heavy (non-hydrogen) atoms. The summed E-state index contributed by atoms with van der Waals surface area (Å²) in [6, 6.07) is 10.7. The number of amides is 1. The molecule has 0 saturated carbocycles. The second-order valence-electron chi connectivity index (χ2n) is 7.71. The molecule has 1 aliphatic heterocycles. The summed E-state index contributed by atoms with van der Waals surface area (Å²) in [5, 5.41) is 21.2. The average Bonchev–Trinajstić information content (AvgIpc) is 2.98. The molecule has 1 fully saturated rings. The number of carbonyl (C=O) groups excluding carboxylic acids is 2. The largest absolute Gasteiger partial charge is 0.508 e. The number of aliphatic hydroxyl groups excluding tert-OH is 1. The maximum absolute atomic E-state index is 13.0. The van der Waals surface area contributed by atoms with Crippen molar-refractivity contribution in [1.29, 1.82) is 0 Å². The maximum atomic E-state index is 13.0. The second-order valence-corrected chi connectivity index (χ2v) is 7.71. The van der Waals surface area contributed by atoms with Gasteiger partial charge < -0.3 is 24.6 Å². The summed E-state index contributed by atoms with van der Waals surface area (Å²) in [5.74, 6) is -1.46. The van der Waals surface area contributed by atoms with Crippen LogP contribution in [0.2, 0.25) is 0 Å². The van der Waals surface area contributed by atoms with E-state index in [1.807, 2.05) is 26.8 Å². The van der Waals surface area contributed by atoms with Gasteiger partial charge in [0.1, 0.15) is 17.3 Å². The number of aliphatic hydroxyl groups is 1. The molecule has 0 aromatic heterocycles. The Kier molecular flexibility index (Phi) is 6.65. The van der Waals surface area contributed by atoms with Crippen molar-refractivity contribution in [3.8, 4) is 11.5 Å². The van der Waals surface area contributed by atoms with E-state index in [0.717, 1.165) is 5.56 Å². The highest BCUT2D eigenvalue weighted by molar-refractivity contribution is 6.46. The highest BCUT2D eigenvalue weighted by Crippen LogP contribution is 2.41. The van der Waals surface area contributed by atoms with Crippen LogP contribution in [0.5, 0.6) is 11.5 Å². The van der Waals surface area contributed by atoms with Gasteiger partial charge in [0.05, 0.1) is 37.0 Å². The van der Waals surface area contributed by atoms with E-state index in [2.05, 4.69) is 0 Å². The minimum absolute atomic E-state index is 0.00495. The Hall–Kier alpha value is -3.32. The number of likely N-dealkylation sites (tertiary alicyclic amines) is 1. The van der Waals surface area contributed by atoms with Crippen LogP contribution in [0.3, 0.4) is 0 Å². The number of aryl methyl sites for hydroxylation is 1.